The van der Waals surface area contributed by atoms with Crippen molar-refractivity contribution in [1.82, 2.24) is 15.2 Å². The Morgan fingerprint density at radius 2 is 2.29 bits per heavy atom. The molecule has 0 aliphatic carbocycles. The van der Waals surface area contributed by atoms with Crippen molar-refractivity contribution in [2.24, 2.45) is 0 Å². The Morgan fingerprint density at radius 3 is 3.06 bits per heavy atom. The summed E-state index contributed by atoms with van der Waals surface area (Å²) in [6, 6.07) is 5.58. The molecule has 3 rings (SSSR count). The maximum Gasteiger partial charge on any atom is 0.140 e. The molecule has 2 heterocycles. The van der Waals surface area contributed by atoms with Crippen LogP contribution in [0.2, 0.25) is 0 Å². The van der Waals surface area contributed by atoms with Crippen LogP contribution in [0.1, 0.15) is 5.56 Å². The van der Waals surface area contributed by atoms with Gasteiger partial charge in [0.05, 0.1) is 6.10 Å². The molecule has 0 saturated carbocycles. The average molecular weight is 237 g/mol. The van der Waals surface area contributed by atoms with Gasteiger partial charge in [0.25, 0.3) is 0 Å². The summed E-state index contributed by atoms with van der Waals surface area (Å²) in [7, 11) is 0. The summed E-state index contributed by atoms with van der Waals surface area (Å²) in [5, 5.41) is 16.9. The van der Waals surface area contributed by atoms with Crippen molar-refractivity contribution in [1.29, 1.82) is 0 Å². The highest BCUT2D eigenvalue weighted by atomic mass is 19.1. The van der Waals surface area contributed by atoms with Gasteiger partial charge in [0.15, 0.2) is 0 Å². The van der Waals surface area contributed by atoms with Crippen molar-refractivity contribution in [3.8, 4) is 0 Å². The Morgan fingerprint density at radius 1 is 1.41 bits per heavy atom. The lowest BCUT2D eigenvalue weighted by molar-refractivity contribution is 0.115. The number of halogens is 1. The molecule has 0 radical (unpaired) electrons. The van der Waals surface area contributed by atoms with E-state index in [1.165, 1.54) is 0 Å². The van der Waals surface area contributed by atoms with E-state index in [2.05, 4.69) is 14.9 Å². The molecule has 1 saturated heterocycles. The van der Waals surface area contributed by atoms with Gasteiger partial charge in [-0.1, -0.05) is 12.1 Å². The molecule has 90 valence electrons. The quantitative estimate of drug-likeness (QED) is 0.834. The van der Waals surface area contributed by atoms with Crippen LogP contribution in [0.5, 0.6) is 0 Å². The summed E-state index contributed by atoms with van der Waals surface area (Å²) < 4.78 is 17.9. The van der Waals surface area contributed by atoms with E-state index in [-0.39, 0.29) is 6.54 Å². The number of aromatic nitrogens is 2. The van der Waals surface area contributed by atoms with Gasteiger partial charge in [-0.3, -0.25) is 4.90 Å². The second kappa shape index (κ2) is 4.05. The monoisotopic (exact) mass is 237 g/mol. The number of alkyl halides is 1. The van der Waals surface area contributed by atoms with Gasteiger partial charge in [0.2, 0.25) is 0 Å². The number of hydrogen-bond acceptors (Lipinski definition) is 5. The van der Waals surface area contributed by atoms with Crippen LogP contribution in [0.15, 0.2) is 22.8 Å². The van der Waals surface area contributed by atoms with Crippen molar-refractivity contribution in [3.05, 3.63) is 23.8 Å². The van der Waals surface area contributed by atoms with Crippen molar-refractivity contribution >= 4 is 11.0 Å². The largest absolute Gasteiger partial charge is 0.389 e. The van der Waals surface area contributed by atoms with Gasteiger partial charge >= 0.3 is 0 Å². The summed E-state index contributed by atoms with van der Waals surface area (Å²) in [6.45, 7) is 1.15. The zero-order chi connectivity index (χ0) is 11.8. The van der Waals surface area contributed by atoms with E-state index < -0.39 is 12.3 Å². The highest BCUT2D eigenvalue weighted by Gasteiger charge is 2.31. The molecule has 1 aliphatic rings. The number of nitrogens with zero attached hydrogens (tertiary/aromatic N) is 3. The lowest BCUT2D eigenvalue weighted by Crippen LogP contribution is -2.21. The smallest absolute Gasteiger partial charge is 0.140 e. The maximum absolute atomic E-state index is 13.2. The lowest BCUT2D eigenvalue weighted by atomic mass is 10.2. The SMILES string of the molecule is O[C@@H]1CN(Cc2cccc3nonc23)C[C@H]1F. The van der Waals surface area contributed by atoms with E-state index in [0.29, 0.717) is 24.1 Å². The summed E-state index contributed by atoms with van der Waals surface area (Å²) in [5.74, 6) is 0. The first-order chi connectivity index (χ1) is 8.24. The summed E-state index contributed by atoms with van der Waals surface area (Å²) >= 11 is 0. The number of hydrogen-bond donors (Lipinski definition) is 1. The highest BCUT2D eigenvalue weighted by molar-refractivity contribution is 5.76. The Kier molecular flexibility index (Phi) is 2.53. The van der Waals surface area contributed by atoms with Crippen molar-refractivity contribution in [2.45, 2.75) is 18.8 Å². The molecule has 6 heteroatoms. The number of likely N-dealkylation sites (tertiary alicyclic amines) is 1. The zero-order valence-electron chi connectivity index (χ0n) is 9.08. The Hall–Kier alpha value is -1.53. The van der Waals surface area contributed by atoms with Crippen LogP contribution >= 0.6 is 0 Å². The van der Waals surface area contributed by atoms with E-state index in [1.54, 1.807) is 0 Å². The minimum Gasteiger partial charge on any atom is -0.389 e. The lowest BCUT2D eigenvalue weighted by Gasteiger charge is -2.14. The molecule has 0 unspecified atom stereocenters. The molecule has 2 aromatic rings. The fourth-order valence-electron chi connectivity index (χ4n) is 2.18. The number of fused-ring (bicyclic) bond motifs is 1. The highest BCUT2D eigenvalue weighted by Crippen LogP contribution is 2.20. The van der Waals surface area contributed by atoms with Gasteiger partial charge in [-0.25, -0.2) is 9.02 Å². The van der Waals surface area contributed by atoms with Gasteiger partial charge in [-0.15, -0.1) is 0 Å². The van der Waals surface area contributed by atoms with Crippen molar-refractivity contribution < 1.29 is 14.1 Å². The van der Waals surface area contributed by atoms with Crippen molar-refractivity contribution in [3.63, 3.8) is 0 Å². The minimum absolute atomic E-state index is 0.253. The number of aliphatic hydroxyl groups excluding tert-OH is 1. The molecular formula is C11H12FN3O2. The van der Waals surface area contributed by atoms with Crippen LogP contribution in [0.3, 0.4) is 0 Å². The fraction of sp³-hybridized carbons (Fsp3) is 0.455. The fourth-order valence-corrected chi connectivity index (χ4v) is 2.18. The third-order valence-corrected chi connectivity index (χ3v) is 3.06. The zero-order valence-corrected chi connectivity index (χ0v) is 9.08. The van der Waals surface area contributed by atoms with E-state index in [9.17, 15) is 9.50 Å². The Labute approximate surface area is 96.8 Å². The first kappa shape index (κ1) is 10.6. The van der Waals surface area contributed by atoms with Gasteiger partial charge in [-0.05, 0) is 21.9 Å². The molecule has 1 aromatic heterocycles. The number of aliphatic hydroxyl groups is 1. The molecular weight excluding hydrogens is 225 g/mol. The molecule has 17 heavy (non-hydrogen) atoms. The van der Waals surface area contributed by atoms with Gasteiger partial charge in [-0.2, -0.15) is 0 Å². The predicted molar refractivity (Wildman–Crippen MR) is 58.0 cm³/mol. The maximum atomic E-state index is 13.2. The molecule has 1 N–H and O–H groups in total. The summed E-state index contributed by atoms with van der Waals surface area (Å²) in [6.07, 6.45) is -2.05. The molecule has 0 amide bonds. The normalized spacial score (nSPS) is 25.8. The second-order valence-corrected chi connectivity index (χ2v) is 4.33. The van der Waals surface area contributed by atoms with E-state index in [1.807, 2.05) is 23.1 Å². The number of β-amino-alcohol motifs (C(OH)–C–C–N with tert-alkyl or cyclic N) is 1. The average Bonchev–Trinajstić information content (AvgIpc) is 2.87. The molecule has 1 aromatic carbocycles. The predicted octanol–water partition coefficient (Wildman–Crippen LogP) is 0.737. The first-order valence-corrected chi connectivity index (χ1v) is 5.48. The van der Waals surface area contributed by atoms with Crippen LogP contribution in [-0.4, -0.2) is 45.7 Å². The minimum atomic E-state index is -1.16. The van der Waals surface area contributed by atoms with E-state index in [4.69, 9.17) is 0 Å². The molecule has 2 atom stereocenters. The van der Waals surface area contributed by atoms with E-state index in [0.717, 1.165) is 5.56 Å². The van der Waals surface area contributed by atoms with Crippen LogP contribution in [-0.2, 0) is 6.54 Å². The van der Waals surface area contributed by atoms with E-state index >= 15 is 0 Å². The third kappa shape index (κ3) is 1.89. The Bertz CT molecular complexity index is 520. The van der Waals surface area contributed by atoms with Crippen LogP contribution in [0.4, 0.5) is 4.39 Å². The summed E-state index contributed by atoms with van der Waals surface area (Å²) in [4.78, 5) is 1.86. The van der Waals surface area contributed by atoms with Crippen LogP contribution in [0, 0.1) is 0 Å². The topological polar surface area (TPSA) is 62.4 Å². The summed E-state index contributed by atoms with van der Waals surface area (Å²) in [5.41, 5.74) is 2.33. The Balaban J connectivity index is 1.83. The number of benzene rings is 1. The molecule has 1 aliphatic heterocycles. The number of rotatable bonds is 2. The molecule has 1 fully saturated rings. The second-order valence-electron chi connectivity index (χ2n) is 4.33. The van der Waals surface area contributed by atoms with Gasteiger partial charge in [0.1, 0.15) is 17.2 Å². The van der Waals surface area contributed by atoms with Gasteiger partial charge in [0, 0.05) is 19.6 Å². The van der Waals surface area contributed by atoms with Crippen molar-refractivity contribution in [2.75, 3.05) is 13.1 Å². The molecule has 5 nitrogen and oxygen atoms in total. The van der Waals surface area contributed by atoms with Crippen LogP contribution < -0.4 is 0 Å². The standard InChI is InChI=1S/C11H12FN3O2/c12-8-5-15(6-10(8)16)4-7-2-1-3-9-11(7)14-17-13-9/h1-3,8,10,16H,4-6H2/t8-,10-/m1/s1. The van der Waals surface area contributed by atoms with Gasteiger partial charge < -0.3 is 5.11 Å². The molecule has 0 spiro atoms. The molecule has 0 bridgehead atoms. The third-order valence-electron chi connectivity index (χ3n) is 3.06. The van der Waals surface area contributed by atoms with Crippen LogP contribution in [0.25, 0.3) is 11.0 Å². The first-order valence-electron chi connectivity index (χ1n) is 5.48.